The van der Waals surface area contributed by atoms with Gasteiger partial charge in [0.15, 0.2) is 0 Å². The highest BCUT2D eigenvalue weighted by Crippen LogP contribution is 2.23. The van der Waals surface area contributed by atoms with E-state index in [4.69, 9.17) is 10.5 Å². The quantitative estimate of drug-likeness (QED) is 0.612. The van der Waals surface area contributed by atoms with Gasteiger partial charge in [0.25, 0.3) is 0 Å². The van der Waals surface area contributed by atoms with Crippen LogP contribution in [0.15, 0.2) is 24.3 Å². The number of ether oxygens (including phenoxy) is 1. The third-order valence-electron chi connectivity index (χ3n) is 2.96. The van der Waals surface area contributed by atoms with Crippen molar-refractivity contribution in [2.45, 2.75) is 45.8 Å². The van der Waals surface area contributed by atoms with Gasteiger partial charge in [-0.2, -0.15) is 0 Å². The molecule has 19 heavy (non-hydrogen) atoms. The number of nitrogens with two attached hydrogens (primary N) is 1. The summed E-state index contributed by atoms with van der Waals surface area (Å²) in [6.45, 7) is 5.57. The van der Waals surface area contributed by atoms with E-state index in [1.54, 1.807) is 18.2 Å². The Balaban J connectivity index is 2.70. The standard InChI is InChI=1S/C15H23NO3/c1-10(2)7-8-14(18)15(16)12-5-4-6-13(9-12)19-11(3)17/h4-6,9-10,14-15,18H,7-8,16H2,1-3H3/t14-,15+/m0/s1. The zero-order valence-electron chi connectivity index (χ0n) is 11.8. The number of aliphatic hydroxyl groups excluding tert-OH is 1. The lowest BCUT2D eigenvalue weighted by Gasteiger charge is -2.20. The van der Waals surface area contributed by atoms with Crippen LogP contribution in [0.25, 0.3) is 0 Å². The molecule has 0 spiro atoms. The van der Waals surface area contributed by atoms with Gasteiger partial charge >= 0.3 is 5.97 Å². The lowest BCUT2D eigenvalue weighted by atomic mass is 9.96. The molecule has 1 aromatic rings. The largest absolute Gasteiger partial charge is 0.427 e. The van der Waals surface area contributed by atoms with Gasteiger partial charge in [-0.1, -0.05) is 26.0 Å². The van der Waals surface area contributed by atoms with Crippen molar-refractivity contribution in [1.29, 1.82) is 0 Å². The third kappa shape index (κ3) is 5.41. The lowest BCUT2D eigenvalue weighted by Crippen LogP contribution is -2.26. The molecule has 3 N–H and O–H groups in total. The van der Waals surface area contributed by atoms with E-state index in [1.807, 2.05) is 6.07 Å². The fourth-order valence-electron chi connectivity index (χ4n) is 1.86. The van der Waals surface area contributed by atoms with Gasteiger partial charge in [-0.05, 0) is 36.5 Å². The Kier molecular flexibility index (Phi) is 5.99. The summed E-state index contributed by atoms with van der Waals surface area (Å²) in [5.74, 6) is 0.622. The van der Waals surface area contributed by atoms with Crippen LogP contribution in [0.5, 0.6) is 5.75 Å². The van der Waals surface area contributed by atoms with Crippen LogP contribution >= 0.6 is 0 Å². The van der Waals surface area contributed by atoms with Crippen LogP contribution < -0.4 is 10.5 Å². The highest BCUT2D eigenvalue weighted by molar-refractivity contribution is 5.69. The smallest absolute Gasteiger partial charge is 0.308 e. The number of esters is 1. The summed E-state index contributed by atoms with van der Waals surface area (Å²) in [7, 11) is 0. The molecule has 2 atom stereocenters. The van der Waals surface area contributed by atoms with Crippen LogP contribution in [-0.2, 0) is 4.79 Å². The predicted molar refractivity (Wildman–Crippen MR) is 74.8 cm³/mol. The minimum absolute atomic E-state index is 0.369. The molecule has 0 aliphatic carbocycles. The summed E-state index contributed by atoms with van der Waals surface area (Å²) in [6.07, 6.45) is 1.00. The molecule has 0 aliphatic heterocycles. The van der Waals surface area contributed by atoms with Crippen molar-refractivity contribution < 1.29 is 14.6 Å². The zero-order valence-corrected chi connectivity index (χ0v) is 11.8. The molecule has 0 heterocycles. The molecule has 0 unspecified atom stereocenters. The maximum Gasteiger partial charge on any atom is 0.308 e. The Hall–Kier alpha value is -1.39. The maximum atomic E-state index is 10.9. The Morgan fingerprint density at radius 2 is 2.05 bits per heavy atom. The van der Waals surface area contributed by atoms with E-state index in [2.05, 4.69) is 13.8 Å². The van der Waals surface area contributed by atoms with Crippen LogP contribution in [0.3, 0.4) is 0 Å². The summed E-state index contributed by atoms with van der Waals surface area (Å²) in [5.41, 5.74) is 6.81. The first-order valence-electron chi connectivity index (χ1n) is 6.62. The van der Waals surface area contributed by atoms with Crippen molar-refractivity contribution in [3.63, 3.8) is 0 Å². The van der Waals surface area contributed by atoms with Crippen molar-refractivity contribution in [2.24, 2.45) is 11.7 Å². The predicted octanol–water partition coefficient (Wildman–Crippen LogP) is 2.41. The third-order valence-corrected chi connectivity index (χ3v) is 2.96. The van der Waals surface area contributed by atoms with Crippen molar-refractivity contribution >= 4 is 5.97 Å². The Bertz CT molecular complexity index is 418. The van der Waals surface area contributed by atoms with Crippen LogP contribution in [0.1, 0.15) is 45.2 Å². The van der Waals surface area contributed by atoms with Gasteiger partial charge < -0.3 is 15.6 Å². The molecule has 4 nitrogen and oxygen atoms in total. The second-order valence-electron chi connectivity index (χ2n) is 5.23. The number of hydrogen-bond acceptors (Lipinski definition) is 4. The van der Waals surface area contributed by atoms with Gasteiger partial charge in [0.2, 0.25) is 0 Å². The zero-order chi connectivity index (χ0) is 14.4. The number of hydrogen-bond donors (Lipinski definition) is 2. The first kappa shape index (κ1) is 15.7. The van der Waals surface area contributed by atoms with Crippen LogP contribution in [0.4, 0.5) is 0 Å². The Labute approximate surface area is 114 Å². The molecular weight excluding hydrogens is 242 g/mol. The fourth-order valence-corrected chi connectivity index (χ4v) is 1.86. The minimum Gasteiger partial charge on any atom is -0.427 e. The molecular formula is C15H23NO3. The molecule has 0 saturated heterocycles. The molecule has 0 aliphatic rings. The molecule has 0 bridgehead atoms. The van der Waals surface area contributed by atoms with Gasteiger partial charge in [0, 0.05) is 6.92 Å². The van der Waals surface area contributed by atoms with Gasteiger partial charge in [-0.3, -0.25) is 4.79 Å². The van der Waals surface area contributed by atoms with E-state index in [0.29, 0.717) is 18.1 Å². The molecule has 0 amide bonds. The number of rotatable bonds is 6. The van der Waals surface area contributed by atoms with Crippen molar-refractivity contribution in [3.8, 4) is 5.75 Å². The Morgan fingerprint density at radius 1 is 1.37 bits per heavy atom. The van der Waals surface area contributed by atoms with E-state index in [-0.39, 0.29) is 5.97 Å². The van der Waals surface area contributed by atoms with Crippen molar-refractivity contribution in [2.75, 3.05) is 0 Å². The average molecular weight is 265 g/mol. The highest BCUT2D eigenvalue weighted by atomic mass is 16.5. The first-order chi connectivity index (χ1) is 8.90. The van der Waals surface area contributed by atoms with Crippen LogP contribution in [0, 0.1) is 5.92 Å². The monoisotopic (exact) mass is 265 g/mol. The van der Waals surface area contributed by atoms with Crippen molar-refractivity contribution in [1.82, 2.24) is 0 Å². The molecule has 0 radical (unpaired) electrons. The minimum atomic E-state index is -0.588. The number of aliphatic hydroxyl groups is 1. The van der Waals surface area contributed by atoms with Crippen LogP contribution in [-0.4, -0.2) is 17.2 Å². The average Bonchev–Trinajstić information content (AvgIpc) is 2.34. The normalized spacial score (nSPS) is 14.2. The SMILES string of the molecule is CC(=O)Oc1cccc([C@@H](N)[C@@H](O)CCC(C)C)c1. The van der Waals surface area contributed by atoms with E-state index >= 15 is 0 Å². The summed E-state index contributed by atoms with van der Waals surface area (Å²) >= 11 is 0. The summed E-state index contributed by atoms with van der Waals surface area (Å²) < 4.78 is 5.01. The molecule has 4 heteroatoms. The highest BCUT2D eigenvalue weighted by Gasteiger charge is 2.17. The van der Waals surface area contributed by atoms with E-state index in [0.717, 1.165) is 12.0 Å². The van der Waals surface area contributed by atoms with Gasteiger partial charge in [-0.15, -0.1) is 0 Å². The summed E-state index contributed by atoms with van der Waals surface area (Å²) in [6, 6.07) is 6.52. The number of benzene rings is 1. The van der Waals surface area contributed by atoms with E-state index < -0.39 is 12.1 Å². The molecule has 0 aromatic heterocycles. The van der Waals surface area contributed by atoms with Crippen molar-refractivity contribution in [3.05, 3.63) is 29.8 Å². The molecule has 106 valence electrons. The maximum absolute atomic E-state index is 10.9. The second kappa shape index (κ2) is 7.26. The topological polar surface area (TPSA) is 72.5 Å². The van der Waals surface area contributed by atoms with E-state index in [1.165, 1.54) is 6.92 Å². The van der Waals surface area contributed by atoms with Crippen LogP contribution in [0.2, 0.25) is 0 Å². The molecule has 1 rings (SSSR count). The fraction of sp³-hybridized carbons (Fsp3) is 0.533. The number of carbonyl (C=O) groups excluding carboxylic acids is 1. The van der Waals surface area contributed by atoms with Gasteiger partial charge in [0.05, 0.1) is 12.1 Å². The molecule has 1 aromatic carbocycles. The summed E-state index contributed by atoms with van der Waals surface area (Å²) in [5, 5.41) is 10.1. The first-order valence-corrected chi connectivity index (χ1v) is 6.62. The Morgan fingerprint density at radius 3 is 2.63 bits per heavy atom. The van der Waals surface area contributed by atoms with Gasteiger partial charge in [0.1, 0.15) is 5.75 Å². The second-order valence-corrected chi connectivity index (χ2v) is 5.23. The van der Waals surface area contributed by atoms with Gasteiger partial charge in [-0.25, -0.2) is 0 Å². The number of carbonyl (C=O) groups is 1. The molecule has 0 fully saturated rings. The van der Waals surface area contributed by atoms with E-state index in [9.17, 15) is 9.90 Å². The molecule has 0 saturated carbocycles. The lowest BCUT2D eigenvalue weighted by molar-refractivity contribution is -0.131. The summed E-state index contributed by atoms with van der Waals surface area (Å²) in [4.78, 5) is 10.9.